The zero-order chi connectivity index (χ0) is 12.5. The van der Waals surface area contributed by atoms with E-state index in [1.165, 1.54) is 0 Å². The van der Waals surface area contributed by atoms with Crippen molar-refractivity contribution in [1.29, 1.82) is 0 Å². The van der Waals surface area contributed by atoms with Crippen LogP contribution in [0.15, 0.2) is 10.5 Å². The molecule has 0 aliphatic rings. The second-order valence-corrected chi connectivity index (χ2v) is 3.95. The minimum atomic E-state index is -1.49. The first kappa shape index (κ1) is 13.0. The van der Waals surface area contributed by atoms with Gasteiger partial charge in [-0.25, -0.2) is 13.2 Å². The molecule has 0 saturated carbocycles. The van der Waals surface area contributed by atoms with E-state index in [0.717, 1.165) is 0 Å². The number of hydrogen-bond donors (Lipinski definition) is 2. The van der Waals surface area contributed by atoms with Crippen LogP contribution in [-0.2, 0) is 11.2 Å². The van der Waals surface area contributed by atoms with E-state index in [2.05, 4.69) is 15.9 Å². The van der Waals surface area contributed by atoms with Crippen LogP contribution in [0.4, 0.5) is 13.2 Å². The summed E-state index contributed by atoms with van der Waals surface area (Å²) in [6, 6.07) is -0.863. The van der Waals surface area contributed by atoms with Crippen LogP contribution in [0, 0.1) is 17.5 Å². The predicted octanol–water partition coefficient (Wildman–Crippen LogP) is 1.82. The number of carboxylic acids is 1. The third-order valence-corrected chi connectivity index (χ3v) is 2.52. The molecule has 1 aromatic rings. The maximum atomic E-state index is 13.4. The summed E-state index contributed by atoms with van der Waals surface area (Å²) in [6.45, 7) is 0. The van der Waals surface area contributed by atoms with Gasteiger partial charge in [0.1, 0.15) is 11.9 Å². The van der Waals surface area contributed by atoms with Gasteiger partial charge in [0.15, 0.2) is 11.6 Å². The summed E-state index contributed by atoms with van der Waals surface area (Å²) in [7, 11) is 0. The molecule has 0 amide bonds. The largest absolute Gasteiger partial charge is 0.480 e. The molecule has 1 unspecified atom stereocenters. The minimum Gasteiger partial charge on any atom is -0.480 e. The van der Waals surface area contributed by atoms with Gasteiger partial charge in [-0.1, -0.05) is 0 Å². The topological polar surface area (TPSA) is 63.3 Å². The van der Waals surface area contributed by atoms with E-state index in [1.807, 2.05) is 0 Å². The van der Waals surface area contributed by atoms with E-state index in [1.54, 1.807) is 0 Å². The molecule has 1 atom stereocenters. The maximum absolute atomic E-state index is 13.4. The fourth-order valence-electron chi connectivity index (χ4n) is 1.11. The highest BCUT2D eigenvalue weighted by molar-refractivity contribution is 9.10. The molecule has 0 heterocycles. The average Bonchev–Trinajstić information content (AvgIpc) is 2.21. The van der Waals surface area contributed by atoms with E-state index < -0.39 is 41.4 Å². The Morgan fingerprint density at radius 2 is 2.00 bits per heavy atom. The van der Waals surface area contributed by atoms with E-state index in [4.69, 9.17) is 10.8 Å². The predicted molar refractivity (Wildman–Crippen MR) is 53.3 cm³/mol. The molecule has 3 N–H and O–H groups in total. The zero-order valence-corrected chi connectivity index (χ0v) is 9.39. The Morgan fingerprint density at radius 3 is 2.50 bits per heavy atom. The smallest absolute Gasteiger partial charge is 0.320 e. The van der Waals surface area contributed by atoms with E-state index in [-0.39, 0.29) is 4.47 Å². The van der Waals surface area contributed by atoms with Crippen molar-refractivity contribution in [2.75, 3.05) is 0 Å². The van der Waals surface area contributed by atoms with Gasteiger partial charge in [0.05, 0.1) is 4.47 Å². The number of halogens is 4. The van der Waals surface area contributed by atoms with Gasteiger partial charge in [0.25, 0.3) is 0 Å². The van der Waals surface area contributed by atoms with E-state index >= 15 is 0 Å². The zero-order valence-electron chi connectivity index (χ0n) is 7.81. The molecule has 3 nitrogen and oxygen atoms in total. The van der Waals surface area contributed by atoms with Crippen molar-refractivity contribution in [1.82, 2.24) is 0 Å². The molecule has 0 radical (unpaired) electrons. The van der Waals surface area contributed by atoms with Gasteiger partial charge in [-0.05, 0) is 22.0 Å². The highest BCUT2D eigenvalue weighted by atomic mass is 79.9. The standard InChI is InChI=1S/C9H7BrF3NO2/c10-4-2-5(11)8(13)3(7(4)12)1-6(14)9(15)16/h2,6H,1,14H2,(H,15,16). The molecule has 16 heavy (non-hydrogen) atoms. The number of rotatable bonds is 3. The molecule has 7 heteroatoms. The van der Waals surface area contributed by atoms with Crippen LogP contribution in [-0.4, -0.2) is 17.1 Å². The van der Waals surface area contributed by atoms with E-state index in [9.17, 15) is 18.0 Å². The van der Waals surface area contributed by atoms with Gasteiger partial charge in [-0.15, -0.1) is 0 Å². The lowest BCUT2D eigenvalue weighted by Crippen LogP contribution is -2.33. The maximum Gasteiger partial charge on any atom is 0.320 e. The number of carbonyl (C=O) groups is 1. The highest BCUT2D eigenvalue weighted by Crippen LogP contribution is 2.25. The molecule has 0 aliphatic carbocycles. The van der Waals surface area contributed by atoms with E-state index in [0.29, 0.717) is 6.07 Å². The molecule has 0 saturated heterocycles. The molecule has 0 bridgehead atoms. The normalized spacial score (nSPS) is 12.6. The van der Waals surface area contributed by atoms with Gasteiger partial charge in [-0.2, -0.15) is 0 Å². The average molecular weight is 298 g/mol. The van der Waals surface area contributed by atoms with Crippen molar-refractivity contribution in [3.8, 4) is 0 Å². The summed E-state index contributed by atoms with van der Waals surface area (Å²) in [6.07, 6.45) is -0.622. The number of carboxylic acid groups (broad SMARTS) is 1. The monoisotopic (exact) mass is 297 g/mol. The molecular weight excluding hydrogens is 291 g/mol. The summed E-state index contributed by atoms with van der Waals surface area (Å²) in [5.41, 5.74) is 4.44. The second-order valence-electron chi connectivity index (χ2n) is 3.10. The van der Waals surface area contributed by atoms with Crippen molar-refractivity contribution in [2.24, 2.45) is 5.73 Å². The summed E-state index contributed by atoms with van der Waals surface area (Å²) >= 11 is 2.69. The van der Waals surface area contributed by atoms with Crippen LogP contribution in [0.1, 0.15) is 5.56 Å². The van der Waals surface area contributed by atoms with Gasteiger partial charge >= 0.3 is 5.97 Å². The third kappa shape index (κ3) is 2.53. The number of nitrogens with two attached hydrogens (primary N) is 1. The van der Waals surface area contributed by atoms with Crippen molar-refractivity contribution in [3.63, 3.8) is 0 Å². The van der Waals surface area contributed by atoms with Gasteiger partial charge in [-0.3, -0.25) is 4.79 Å². The molecule has 0 fully saturated rings. The highest BCUT2D eigenvalue weighted by Gasteiger charge is 2.22. The molecule has 0 aromatic heterocycles. The third-order valence-electron chi connectivity index (χ3n) is 1.94. The SMILES string of the molecule is NC(Cc1c(F)c(F)cc(Br)c1F)C(=O)O. The number of benzene rings is 1. The molecule has 1 rings (SSSR count). The molecule has 1 aromatic carbocycles. The summed E-state index contributed by atoms with van der Waals surface area (Å²) in [4.78, 5) is 10.4. The number of aliphatic carboxylic acids is 1. The molecular formula is C9H7BrF3NO2. The second kappa shape index (κ2) is 4.84. The van der Waals surface area contributed by atoms with Gasteiger partial charge in [0.2, 0.25) is 0 Å². The van der Waals surface area contributed by atoms with Crippen LogP contribution in [0.25, 0.3) is 0 Å². The first-order valence-corrected chi connectivity index (χ1v) is 4.94. The van der Waals surface area contributed by atoms with Gasteiger partial charge in [0, 0.05) is 12.0 Å². The molecule has 0 spiro atoms. The minimum absolute atomic E-state index is 0.279. The summed E-state index contributed by atoms with van der Waals surface area (Å²) in [5, 5.41) is 8.49. The summed E-state index contributed by atoms with van der Waals surface area (Å²) < 4.78 is 39.2. The van der Waals surface area contributed by atoms with Crippen LogP contribution in [0.5, 0.6) is 0 Å². The van der Waals surface area contributed by atoms with Crippen molar-refractivity contribution in [3.05, 3.63) is 33.6 Å². The van der Waals surface area contributed by atoms with Crippen molar-refractivity contribution in [2.45, 2.75) is 12.5 Å². The fraction of sp³-hybridized carbons (Fsp3) is 0.222. The summed E-state index contributed by atoms with van der Waals surface area (Å²) in [5.74, 6) is -5.15. The van der Waals surface area contributed by atoms with Crippen LogP contribution < -0.4 is 5.73 Å². The Balaban J connectivity index is 3.17. The Labute approximate surface area is 97.2 Å². The molecule has 0 aliphatic heterocycles. The Morgan fingerprint density at radius 1 is 1.44 bits per heavy atom. The lowest BCUT2D eigenvalue weighted by atomic mass is 10.1. The molecule has 88 valence electrons. The van der Waals surface area contributed by atoms with Crippen LogP contribution in [0.3, 0.4) is 0 Å². The first-order valence-electron chi connectivity index (χ1n) is 4.14. The quantitative estimate of drug-likeness (QED) is 0.837. The van der Waals surface area contributed by atoms with Crippen molar-refractivity contribution >= 4 is 21.9 Å². The Bertz CT molecular complexity index is 413. The van der Waals surface area contributed by atoms with Crippen molar-refractivity contribution < 1.29 is 23.1 Å². The first-order chi connectivity index (χ1) is 7.34. The number of hydrogen-bond acceptors (Lipinski definition) is 2. The van der Waals surface area contributed by atoms with Crippen LogP contribution in [0.2, 0.25) is 0 Å². The lowest BCUT2D eigenvalue weighted by Gasteiger charge is -2.10. The van der Waals surface area contributed by atoms with Crippen LogP contribution >= 0.6 is 15.9 Å². The fourth-order valence-corrected chi connectivity index (χ4v) is 1.55. The van der Waals surface area contributed by atoms with Gasteiger partial charge < -0.3 is 10.8 Å². The Kier molecular flexibility index (Phi) is 3.93. The Hall–Kier alpha value is -1.08. The lowest BCUT2D eigenvalue weighted by molar-refractivity contribution is -0.138.